The molecule has 0 spiro atoms. The molecular formula is C21H19ClN2O5S. The van der Waals surface area contributed by atoms with Crippen LogP contribution in [0, 0.1) is 6.92 Å². The Balaban J connectivity index is 1.62. The van der Waals surface area contributed by atoms with Gasteiger partial charge in [0.15, 0.2) is 6.61 Å². The van der Waals surface area contributed by atoms with Crippen LogP contribution >= 0.6 is 23.4 Å². The fourth-order valence-corrected chi connectivity index (χ4v) is 3.71. The Bertz CT molecular complexity index is 1010. The van der Waals surface area contributed by atoms with Crippen LogP contribution in [-0.4, -0.2) is 41.7 Å². The molecule has 0 atom stereocenters. The summed E-state index contributed by atoms with van der Waals surface area (Å²) in [4.78, 5) is 37.1. The van der Waals surface area contributed by atoms with E-state index in [1.54, 1.807) is 24.3 Å². The minimum Gasteiger partial charge on any atom is -0.492 e. The number of amides is 3. The number of nitrogens with zero attached hydrogens (tertiary/aromatic N) is 1. The van der Waals surface area contributed by atoms with Crippen LogP contribution < -0.4 is 15.2 Å². The molecule has 3 rings (SSSR count). The van der Waals surface area contributed by atoms with Gasteiger partial charge in [-0.3, -0.25) is 19.3 Å². The fourth-order valence-electron chi connectivity index (χ4n) is 2.61. The van der Waals surface area contributed by atoms with E-state index in [9.17, 15) is 14.4 Å². The number of nitrogens with two attached hydrogens (primary N) is 1. The van der Waals surface area contributed by atoms with E-state index in [1.807, 2.05) is 31.2 Å². The Morgan fingerprint density at radius 3 is 2.57 bits per heavy atom. The SMILES string of the molecule is Cc1ccc(OCCN2C(=O)S/C(=C\c3ccc(OCC(N)=O)c(Cl)c3)C2=O)cc1. The van der Waals surface area contributed by atoms with Gasteiger partial charge in [-0.15, -0.1) is 0 Å². The Morgan fingerprint density at radius 2 is 1.90 bits per heavy atom. The molecule has 9 heteroatoms. The third-order valence-electron chi connectivity index (χ3n) is 4.10. The first-order chi connectivity index (χ1) is 14.3. The summed E-state index contributed by atoms with van der Waals surface area (Å²) in [5.41, 5.74) is 6.78. The molecule has 0 unspecified atom stereocenters. The molecule has 1 saturated heterocycles. The zero-order valence-corrected chi connectivity index (χ0v) is 17.7. The molecule has 0 bridgehead atoms. The predicted octanol–water partition coefficient (Wildman–Crippen LogP) is 3.63. The van der Waals surface area contributed by atoms with Gasteiger partial charge in [0, 0.05) is 0 Å². The van der Waals surface area contributed by atoms with Crippen molar-refractivity contribution in [3.8, 4) is 11.5 Å². The average molecular weight is 447 g/mol. The van der Waals surface area contributed by atoms with Gasteiger partial charge in [0.25, 0.3) is 17.1 Å². The molecule has 0 radical (unpaired) electrons. The van der Waals surface area contributed by atoms with E-state index in [1.165, 1.54) is 0 Å². The van der Waals surface area contributed by atoms with Gasteiger partial charge < -0.3 is 15.2 Å². The van der Waals surface area contributed by atoms with Gasteiger partial charge in [0.2, 0.25) is 0 Å². The first-order valence-electron chi connectivity index (χ1n) is 8.99. The number of rotatable bonds is 8. The monoisotopic (exact) mass is 446 g/mol. The van der Waals surface area contributed by atoms with Crippen LogP contribution in [0.3, 0.4) is 0 Å². The van der Waals surface area contributed by atoms with Crippen molar-refractivity contribution in [2.45, 2.75) is 6.92 Å². The van der Waals surface area contributed by atoms with Gasteiger partial charge >= 0.3 is 0 Å². The van der Waals surface area contributed by atoms with Gasteiger partial charge in [0.1, 0.15) is 18.1 Å². The Kier molecular flexibility index (Phi) is 7.02. The van der Waals surface area contributed by atoms with E-state index in [4.69, 9.17) is 26.8 Å². The molecule has 3 amide bonds. The number of aryl methyl sites for hydroxylation is 1. The third-order valence-corrected chi connectivity index (χ3v) is 5.30. The lowest BCUT2D eigenvalue weighted by molar-refractivity contribution is -0.123. The molecule has 30 heavy (non-hydrogen) atoms. The van der Waals surface area contributed by atoms with Gasteiger partial charge in [-0.25, -0.2) is 0 Å². The van der Waals surface area contributed by atoms with E-state index in [2.05, 4.69) is 0 Å². The molecule has 1 aliphatic rings. The minimum atomic E-state index is -0.616. The van der Waals surface area contributed by atoms with Crippen LogP contribution in [0.25, 0.3) is 6.08 Å². The highest BCUT2D eigenvalue weighted by Gasteiger charge is 2.34. The first-order valence-corrected chi connectivity index (χ1v) is 10.2. The summed E-state index contributed by atoms with van der Waals surface area (Å²) in [6, 6.07) is 12.3. The highest BCUT2D eigenvalue weighted by atomic mass is 35.5. The molecule has 0 saturated carbocycles. The van der Waals surface area contributed by atoms with Crippen molar-refractivity contribution in [3.63, 3.8) is 0 Å². The van der Waals surface area contributed by atoms with Crippen molar-refractivity contribution < 1.29 is 23.9 Å². The molecule has 1 aliphatic heterocycles. The number of benzene rings is 2. The number of primary amides is 1. The van der Waals surface area contributed by atoms with Crippen molar-refractivity contribution in [2.24, 2.45) is 5.73 Å². The maximum Gasteiger partial charge on any atom is 0.293 e. The molecule has 7 nitrogen and oxygen atoms in total. The van der Waals surface area contributed by atoms with Crippen LogP contribution in [0.4, 0.5) is 4.79 Å². The smallest absolute Gasteiger partial charge is 0.293 e. The van der Waals surface area contributed by atoms with Crippen molar-refractivity contribution >= 4 is 46.5 Å². The summed E-state index contributed by atoms with van der Waals surface area (Å²) in [7, 11) is 0. The van der Waals surface area contributed by atoms with Crippen molar-refractivity contribution in [3.05, 3.63) is 63.5 Å². The summed E-state index contributed by atoms with van der Waals surface area (Å²) in [5, 5.41) is -0.0954. The molecule has 2 N–H and O–H groups in total. The van der Waals surface area contributed by atoms with E-state index in [0.29, 0.717) is 17.1 Å². The minimum absolute atomic E-state index is 0.149. The maximum absolute atomic E-state index is 12.6. The molecule has 156 valence electrons. The zero-order valence-electron chi connectivity index (χ0n) is 16.1. The molecule has 1 heterocycles. The Hall–Kier alpha value is -2.97. The summed E-state index contributed by atoms with van der Waals surface area (Å²) in [6.07, 6.45) is 1.58. The standard InChI is InChI=1S/C21H19ClN2O5S/c1-13-2-5-15(6-3-13)28-9-8-24-20(26)18(30-21(24)27)11-14-4-7-17(16(22)10-14)29-12-19(23)25/h2-7,10-11H,8-9,12H2,1H3,(H2,23,25)/b18-11-. The lowest BCUT2D eigenvalue weighted by atomic mass is 10.2. The lowest BCUT2D eigenvalue weighted by Gasteiger charge is -2.13. The van der Waals surface area contributed by atoms with E-state index >= 15 is 0 Å². The fraction of sp³-hybridized carbons (Fsp3) is 0.190. The summed E-state index contributed by atoms with van der Waals surface area (Å²) in [6.45, 7) is 2.04. The third kappa shape index (κ3) is 5.55. The molecule has 0 aromatic heterocycles. The number of ether oxygens (including phenoxy) is 2. The molecule has 0 aliphatic carbocycles. The normalized spacial score (nSPS) is 15.0. The number of halogens is 1. The molecule has 2 aromatic rings. The van der Waals surface area contributed by atoms with Crippen molar-refractivity contribution in [2.75, 3.05) is 19.8 Å². The largest absolute Gasteiger partial charge is 0.492 e. The molecule has 2 aromatic carbocycles. The molecule has 1 fully saturated rings. The summed E-state index contributed by atoms with van der Waals surface area (Å²) >= 11 is 6.99. The van der Waals surface area contributed by atoms with Gasteiger partial charge in [-0.1, -0.05) is 35.4 Å². The maximum atomic E-state index is 12.6. The van der Waals surface area contributed by atoms with Crippen LogP contribution in [0.1, 0.15) is 11.1 Å². The number of hydrogen-bond donors (Lipinski definition) is 1. The van der Waals surface area contributed by atoms with Crippen LogP contribution in [0.2, 0.25) is 5.02 Å². The second-order valence-electron chi connectivity index (χ2n) is 6.44. The highest BCUT2D eigenvalue weighted by molar-refractivity contribution is 8.18. The van der Waals surface area contributed by atoms with Gasteiger partial charge in [-0.05, 0) is 54.6 Å². The Morgan fingerprint density at radius 1 is 1.17 bits per heavy atom. The predicted molar refractivity (Wildman–Crippen MR) is 115 cm³/mol. The molecular weight excluding hydrogens is 428 g/mol. The lowest BCUT2D eigenvalue weighted by Crippen LogP contribution is -2.32. The number of hydrogen-bond acceptors (Lipinski definition) is 6. The van der Waals surface area contributed by atoms with Gasteiger partial charge in [0.05, 0.1) is 16.5 Å². The number of carbonyl (C=O) groups is 3. The first kappa shape index (κ1) is 21.7. The average Bonchev–Trinajstić information content (AvgIpc) is 2.96. The quantitative estimate of drug-likeness (QED) is 0.621. The van der Waals surface area contributed by atoms with E-state index < -0.39 is 5.91 Å². The Labute approximate surface area is 182 Å². The van der Waals surface area contributed by atoms with Crippen LogP contribution in [0.5, 0.6) is 11.5 Å². The van der Waals surface area contributed by atoms with E-state index in [0.717, 1.165) is 22.2 Å². The second-order valence-corrected chi connectivity index (χ2v) is 7.84. The van der Waals surface area contributed by atoms with Gasteiger partial charge in [-0.2, -0.15) is 0 Å². The zero-order chi connectivity index (χ0) is 21.7. The summed E-state index contributed by atoms with van der Waals surface area (Å²) < 4.78 is 10.8. The highest BCUT2D eigenvalue weighted by Crippen LogP contribution is 2.33. The summed E-state index contributed by atoms with van der Waals surface area (Å²) in [5.74, 6) is -0.0248. The second kappa shape index (κ2) is 9.69. The number of carbonyl (C=O) groups excluding carboxylic acids is 3. The van der Waals surface area contributed by atoms with Crippen molar-refractivity contribution in [1.82, 2.24) is 4.90 Å². The number of imide groups is 1. The topological polar surface area (TPSA) is 98.9 Å². The van der Waals surface area contributed by atoms with E-state index in [-0.39, 0.29) is 40.8 Å². The van der Waals surface area contributed by atoms with Crippen LogP contribution in [-0.2, 0) is 9.59 Å². The van der Waals surface area contributed by atoms with Crippen LogP contribution in [0.15, 0.2) is 47.4 Å². The number of thioether (sulfide) groups is 1. The van der Waals surface area contributed by atoms with Crippen molar-refractivity contribution in [1.29, 1.82) is 0 Å².